The van der Waals surface area contributed by atoms with E-state index in [0.29, 0.717) is 22.0 Å². The van der Waals surface area contributed by atoms with Gasteiger partial charge < -0.3 is 9.47 Å². The molecule has 0 radical (unpaired) electrons. The van der Waals surface area contributed by atoms with E-state index in [2.05, 4.69) is 9.97 Å². The number of nitrogens with zero attached hydrogens (tertiary/aromatic N) is 2. The number of aromatic nitrogens is 2. The van der Waals surface area contributed by atoms with Gasteiger partial charge >= 0.3 is 11.9 Å². The van der Waals surface area contributed by atoms with E-state index in [4.69, 9.17) is 21.1 Å². The van der Waals surface area contributed by atoms with Gasteiger partial charge in [-0.1, -0.05) is 48.0 Å². The lowest BCUT2D eigenvalue weighted by atomic mass is 10.2. The zero-order chi connectivity index (χ0) is 20.2. The van der Waals surface area contributed by atoms with Gasteiger partial charge in [0.1, 0.15) is 11.5 Å². The molecular formula is C22H13ClN2O4. The summed E-state index contributed by atoms with van der Waals surface area (Å²) in [7, 11) is 0. The molecule has 1 heterocycles. The van der Waals surface area contributed by atoms with E-state index in [1.165, 1.54) is 18.5 Å². The monoisotopic (exact) mass is 404 g/mol. The first-order valence-electron chi connectivity index (χ1n) is 8.60. The minimum absolute atomic E-state index is 0.0346. The van der Waals surface area contributed by atoms with Gasteiger partial charge in [0.2, 0.25) is 0 Å². The molecule has 0 aliphatic rings. The Morgan fingerprint density at radius 2 is 1.24 bits per heavy atom. The van der Waals surface area contributed by atoms with E-state index >= 15 is 0 Å². The van der Waals surface area contributed by atoms with Gasteiger partial charge in [-0.3, -0.25) is 0 Å². The molecule has 0 unspecified atom stereocenters. The summed E-state index contributed by atoms with van der Waals surface area (Å²) in [5.41, 5.74) is 1.15. The molecule has 3 aromatic carbocycles. The maximum absolute atomic E-state index is 12.5. The zero-order valence-corrected chi connectivity index (χ0v) is 15.7. The summed E-state index contributed by atoms with van der Waals surface area (Å²) in [5, 5.41) is 0.650. The molecule has 0 aliphatic carbocycles. The Labute approximate surface area is 170 Å². The van der Waals surface area contributed by atoms with E-state index in [1.54, 1.807) is 60.7 Å². The zero-order valence-electron chi connectivity index (χ0n) is 14.9. The minimum atomic E-state index is -0.602. The van der Waals surface area contributed by atoms with Crippen molar-refractivity contribution in [1.29, 1.82) is 0 Å². The third-order valence-corrected chi connectivity index (χ3v) is 4.38. The Balaban J connectivity index is 1.74. The highest BCUT2D eigenvalue weighted by Gasteiger charge is 2.19. The maximum Gasteiger partial charge on any atom is 0.343 e. The summed E-state index contributed by atoms with van der Waals surface area (Å²) < 4.78 is 11.0. The molecule has 0 atom stereocenters. The second-order valence-electron chi connectivity index (χ2n) is 5.99. The highest BCUT2D eigenvalue weighted by Crippen LogP contribution is 2.35. The number of benzene rings is 3. The van der Waals surface area contributed by atoms with E-state index in [-0.39, 0.29) is 16.7 Å². The van der Waals surface area contributed by atoms with Gasteiger partial charge in [-0.15, -0.1) is 0 Å². The molecule has 0 saturated carbocycles. The molecular weight excluding hydrogens is 392 g/mol. The van der Waals surface area contributed by atoms with Crippen LogP contribution in [0.2, 0.25) is 5.15 Å². The molecule has 1 aromatic heterocycles. The third-order valence-electron chi connectivity index (χ3n) is 4.08. The minimum Gasteiger partial charge on any atom is -0.419 e. The Morgan fingerprint density at radius 3 is 1.79 bits per heavy atom. The molecule has 0 aliphatic heterocycles. The van der Waals surface area contributed by atoms with Crippen LogP contribution in [0, 0.1) is 0 Å². The van der Waals surface area contributed by atoms with Crippen LogP contribution < -0.4 is 9.47 Å². The fraction of sp³-hybridized carbons (Fsp3) is 0. The van der Waals surface area contributed by atoms with Crippen molar-refractivity contribution in [3.05, 3.63) is 95.4 Å². The average Bonchev–Trinajstić information content (AvgIpc) is 2.76. The molecule has 4 rings (SSSR count). The Kier molecular flexibility index (Phi) is 5.18. The second kappa shape index (κ2) is 8.08. The van der Waals surface area contributed by atoms with E-state index in [1.807, 2.05) is 0 Å². The summed E-state index contributed by atoms with van der Waals surface area (Å²) in [5.74, 6) is -1.12. The van der Waals surface area contributed by atoms with Gasteiger partial charge in [-0.25, -0.2) is 19.6 Å². The summed E-state index contributed by atoms with van der Waals surface area (Å²) in [6, 6.07) is 19.9. The highest BCUT2D eigenvalue weighted by atomic mass is 35.5. The van der Waals surface area contributed by atoms with Crippen molar-refractivity contribution in [2.45, 2.75) is 0 Å². The van der Waals surface area contributed by atoms with Gasteiger partial charge in [0, 0.05) is 11.5 Å². The SMILES string of the molecule is O=C(Oc1cc2ncnc(Cl)c2cc1OC(=O)c1ccccc1)c1ccccc1. The molecule has 0 bridgehead atoms. The molecule has 0 amide bonds. The van der Waals surface area contributed by atoms with Crippen molar-refractivity contribution < 1.29 is 19.1 Å². The molecule has 0 spiro atoms. The van der Waals surface area contributed by atoms with Crippen molar-refractivity contribution in [1.82, 2.24) is 9.97 Å². The molecule has 0 saturated heterocycles. The number of fused-ring (bicyclic) bond motifs is 1. The van der Waals surface area contributed by atoms with Crippen LogP contribution in [-0.4, -0.2) is 21.9 Å². The van der Waals surface area contributed by atoms with Crippen LogP contribution in [0.1, 0.15) is 20.7 Å². The Hall–Kier alpha value is -3.77. The van der Waals surface area contributed by atoms with Crippen molar-refractivity contribution in [2.75, 3.05) is 0 Å². The smallest absolute Gasteiger partial charge is 0.343 e. The fourth-order valence-corrected chi connectivity index (χ4v) is 2.85. The third kappa shape index (κ3) is 4.07. The second-order valence-corrected chi connectivity index (χ2v) is 6.35. The predicted molar refractivity (Wildman–Crippen MR) is 107 cm³/mol. The quantitative estimate of drug-likeness (QED) is 0.278. The van der Waals surface area contributed by atoms with Crippen LogP contribution in [0.25, 0.3) is 10.9 Å². The van der Waals surface area contributed by atoms with Gasteiger partial charge in [-0.2, -0.15) is 0 Å². The number of halogens is 1. The molecule has 0 N–H and O–H groups in total. The largest absolute Gasteiger partial charge is 0.419 e. The maximum atomic E-state index is 12.5. The average molecular weight is 405 g/mol. The molecule has 142 valence electrons. The van der Waals surface area contributed by atoms with Crippen molar-refractivity contribution in [2.24, 2.45) is 0 Å². The van der Waals surface area contributed by atoms with Crippen molar-refractivity contribution >= 4 is 34.4 Å². The lowest BCUT2D eigenvalue weighted by Crippen LogP contribution is -2.12. The molecule has 4 aromatic rings. The first-order chi connectivity index (χ1) is 14.1. The lowest BCUT2D eigenvalue weighted by molar-refractivity contribution is 0.0683. The predicted octanol–water partition coefficient (Wildman–Crippen LogP) is 4.72. The first-order valence-corrected chi connectivity index (χ1v) is 8.98. The van der Waals surface area contributed by atoms with Crippen LogP contribution in [0.4, 0.5) is 0 Å². The lowest BCUT2D eigenvalue weighted by Gasteiger charge is -2.12. The summed E-state index contributed by atoms with van der Waals surface area (Å²) in [6.07, 6.45) is 1.29. The molecule has 7 heteroatoms. The number of hydrogen-bond acceptors (Lipinski definition) is 6. The molecule has 6 nitrogen and oxygen atoms in total. The van der Waals surface area contributed by atoms with Crippen LogP contribution >= 0.6 is 11.6 Å². The van der Waals surface area contributed by atoms with Gasteiger partial charge in [-0.05, 0) is 30.3 Å². The van der Waals surface area contributed by atoms with Crippen molar-refractivity contribution in [3.63, 3.8) is 0 Å². The molecule has 29 heavy (non-hydrogen) atoms. The summed E-state index contributed by atoms with van der Waals surface area (Å²) >= 11 is 6.14. The topological polar surface area (TPSA) is 78.4 Å². The number of carbonyl (C=O) groups is 2. The Bertz CT molecular complexity index is 1200. The number of rotatable bonds is 4. The highest BCUT2D eigenvalue weighted by molar-refractivity contribution is 6.34. The number of ether oxygens (including phenoxy) is 2. The fourth-order valence-electron chi connectivity index (χ4n) is 2.66. The van der Waals surface area contributed by atoms with Crippen LogP contribution in [0.15, 0.2) is 79.1 Å². The Morgan fingerprint density at radius 1 is 0.724 bits per heavy atom. The summed E-state index contributed by atoms with van der Waals surface area (Å²) in [6.45, 7) is 0. The van der Waals surface area contributed by atoms with Crippen LogP contribution in [-0.2, 0) is 0 Å². The van der Waals surface area contributed by atoms with E-state index in [9.17, 15) is 9.59 Å². The van der Waals surface area contributed by atoms with Gasteiger partial charge in [0.15, 0.2) is 11.5 Å². The standard InChI is InChI=1S/C22H13ClN2O4/c23-20-16-11-18(28-21(26)14-7-3-1-4-8-14)19(12-17(16)24-13-25-20)29-22(27)15-9-5-2-6-10-15/h1-13H. The van der Waals surface area contributed by atoms with Crippen LogP contribution in [0.3, 0.4) is 0 Å². The van der Waals surface area contributed by atoms with E-state index in [0.717, 1.165) is 0 Å². The first kappa shape index (κ1) is 18.6. The van der Waals surface area contributed by atoms with Crippen LogP contribution in [0.5, 0.6) is 11.5 Å². The van der Waals surface area contributed by atoms with Gasteiger partial charge in [0.25, 0.3) is 0 Å². The van der Waals surface area contributed by atoms with Gasteiger partial charge in [0.05, 0.1) is 16.6 Å². The summed E-state index contributed by atoms with van der Waals surface area (Å²) in [4.78, 5) is 33.1. The number of esters is 2. The number of carbonyl (C=O) groups excluding carboxylic acids is 2. The van der Waals surface area contributed by atoms with Crippen molar-refractivity contribution in [3.8, 4) is 11.5 Å². The molecule has 0 fully saturated rings. The normalized spacial score (nSPS) is 10.5. The van der Waals surface area contributed by atoms with E-state index < -0.39 is 11.9 Å². The number of hydrogen-bond donors (Lipinski definition) is 0.